The van der Waals surface area contributed by atoms with Crippen LogP contribution in [0.5, 0.6) is 0 Å². The number of rotatable bonds is 11. The second-order valence-electron chi connectivity index (χ2n) is 5.04. The molecule has 0 heterocycles. The van der Waals surface area contributed by atoms with Gasteiger partial charge < -0.3 is 17.7 Å². The SMILES string of the molecule is CO[Si](C)(CCCCl)OC.CO[Si](C)(CCC[N+](=O)[O-])OC. The van der Waals surface area contributed by atoms with Crippen molar-refractivity contribution in [2.24, 2.45) is 0 Å². The first-order valence-electron chi connectivity index (χ1n) is 7.11. The Morgan fingerprint density at radius 3 is 1.55 bits per heavy atom. The monoisotopic (exact) mass is 375 g/mol. The van der Waals surface area contributed by atoms with Gasteiger partial charge in [-0.05, 0) is 31.6 Å². The zero-order chi connectivity index (χ0) is 17.6. The maximum atomic E-state index is 10.0. The predicted molar refractivity (Wildman–Crippen MR) is 92.7 cm³/mol. The van der Waals surface area contributed by atoms with Crippen molar-refractivity contribution in [1.82, 2.24) is 0 Å². The molecule has 0 bridgehead atoms. The molecule has 0 aromatic carbocycles. The molecule has 22 heavy (non-hydrogen) atoms. The Labute approximate surface area is 140 Å². The minimum Gasteiger partial charge on any atom is -0.398 e. The Kier molecular flexibility index (Phi) is 14.8. The van der Waals surface area contributed by atoms with Crippen molar-refractivity contribution in [3.8, 4) is 0 Å². The van der Waals surface area contributed by atoms with Crippen LogP contribution in [-0.4, -0.2) is 62.9 Å². The van der Waals surface area contributed by atoms with Crippen molar-refractivity contribution in [2.75, 3.05) is 40.9 Å². The van der Waals surface area contributed by atoms with E-state index in [4.69, 9.17) is 29.3 Å². The summed E-state index contributed by atoms with van der Waals surface area (Å²) in [7, 11) is 2.70. The van der Waals surface area contributed by atoms with Crippen LogP contribution in [0.4, 0.5) is 0 Å². The molecule has 0 aliphatic carbocycles. The molecular weight excluding hydrogens is 346 g/mol. The molecule has 0 aliphatic rings. The van der Waals surface area contributed by atoms with Gasteiger partial charge in [-0.2, -0.15) is 0 Å². The van der Waals surface area contributed by atoms with E-state index in [1.54, 1.807) is 28.4 Å². The summed E-state index contributed by atoms with van der Waals surface area (Å²) in [6.45, 7) is 3.93. The predicted octanol–water partition coefficient (Wildman–Crippen LogP) is 3.00. The zero-order valence-electron chi connectivity index (χ0n) is 14.5. The lowest BCUT2D eigenvalue weighted by Crippen LogP contribution is -2.36. The lowest BCUT2D eigenvalue weighted by Gasteiger charge is -2.21. The second-order valence-corrected chi connectivity index (χ2v) is 12.6. The highest BCUT2D eigenvalue weighted by atomic mass is 35.5. The molecule has 0 N–H and O–H groups in total. The highest BCUT2D eigenvalue weighted by Crippen LogP contribution is 2.14. The fourth-order valence-electron chi connectivity index (χ4n) is 1.49. The summed E-state index contributed by atoms with van der Waals surface area (Å²) in [6, 6.07) is 1.64. The molecule has 0 amide bonds. The minimum absolute atomic E-state index is 0.00465. The average Bonchev–Trinajstić information content (AvgIpc) is 2.52. The van der Waals surface area contributed by atoms with Crippen LogP contribution in [0.15, 0.2) is 0 Å². The third-order valence-corrected chi connectivity index (χ3v) is 9.71. The van der Waals surface area contributed by atoms with Crippen LogP contribution in [0.1, 0.15) is 12.8 Å². The van der Waals surface area contributed by atoms with Crippen molar-refractivity contribution in [2.45, 2.75) is 38.0 Å². The molecule has 0 fully saturated rings. The number of hydrogen-bond donors (Lipinski definition) is 0. The summed E-state index contributed by atoms with van der Waals surface area (Å²) in [5.41, 5.74) is 0. The van der Waals surface area contributed by atoms with Crippen molar-refractivity contribution in [3.05, 3.63) is 10.1 Å². The summed E-state index contributed by atoms with van der Waals surface area (Å²) in [6.07, 6.45) is 1.50. The van der Waals surface area contributed by atoms with Gasteiger partial charge in [0.25, 0.3) is 0 Å². The average molecular weight is 376 g/mol. The van der Waals surface area contributed by atoms with E-state index in [1.165, 1.54) is 0 Å². The fraction of sp³-hybridized carbons (Fsp3) is 1.00. The van der Waals surface area contributed by atoms with E-state index in [0.29, 0.717) is 18.3 Å². The Morgan fingerprint density at radius 1 is 0.909 bits per heavy atom. The van der Waals surface area contributed by atoms with E-state index in [0.717, 1.165) is 12.5 Å². The van der Waals surface area contributed by atoms with Crippen LogP contribution in [0.3, 0.4) is 0 Å². The van der Waals surface area contributed by atoms with E-state index >= 15 is 0 Å². The summed E-state index contributed by atoms with van der Waals surface area (Å²) < 4.78 is 20.8. The number of nitro groups is 1. The van der Waals surface area contributed by atoms with Gasteiger partial charge >= 0.3 is 17.1 Å². The number of nitrogens with zero attached hydrogens (tertiary/aromatic N) is 1. The smallest absolute Gasteiger partial charge is 0.334 e. The van der Waals surface area contributed by atoms with Crippen LogP contribution in [-0.2, 0) is 17.7 Å². The van der Waals surface area contributed by atoms with Gasteiger partial charge in [-0.15, -0.1) is 11.6 Å². The molecule has 134 valence electrons. The van der Waals surface area contributed by atoms with Crippen LogP contribution in [0, 0.1) is 10.1 Å². The number of hydrogen-bond acceptors (Lipinski definition) is 6. The molecule has 0 atom stereocenters. The molecule has 0 rings (SSSR count). The largest absolute Gasteiger partial charge is 0.398 e. The molecule has 0 saturated carbocycles. The summed E-state index contributed by atoms with van der Waals surface area (Å²) >= 11 is 5.53. The third kappa shape index (κ3) is 12.5. The van der Waals surface area contributed by atoms with E-state index in [2.05, 4.69) is 0 Å². The first-order valence-corrected chi connectivity index (χ1v) is 12.7. The van der Waals surface area contributed by atoms with Crippen molar-refractivity contribution in [1.29, 1.82) is 0 Å². The van der Waals surface area contributed by atoms with Gasteiger partial charge in [0.15, 0.2) is 0 Å². The molecule has 10 heteroatoms. The quantitative estimate of drug-likeness (QED) is 0.239. The molecule has 0 aliphatic heterocycles. The van der Waals surface area contributed by atoms with Crippen LogP contribution < -0.4 is 0 Å². The van der Waals surface area contributed by atoms with Gasteiger partial charge in [-0.3, -0.25) is 10.1 Å². The van der Waals surface area contributed by atoms with Gasteiger partial charge in [0.2, 0.25) is 6.54 Å². The van der Waals surface area contributed by atoms with Gasteiger partial charge in [-0.25, -0.2) is 0 Å². The van der Waals surface area contributed by atoms with Crippen LogP contribution >= 0.6 is 11.6 Å². The Balaban J connectivity index is 0. The highest BCUT2D eigenvalue weighted by molar-refractivity contribution is 6.66. The molecule has 0 radical (unpaired) electrons. The van der Waals surface area contributed by atoms with Gasteiger partial charge in [0.05, 0.1) is 0 Å². The maximum Gasteiger partial charge on any atom is 0.334 e. The first kappa shape index (κ1) is 24.2. The third-order valence-electron chi connectivity index (χ3n) is 3.46. The molecule has 0 unspecified atom stereocenters. The maximum absolute atomic E-state index is 10.0. The van der Waals surface area contributed by atoms with Crippen LogP contribution in [0.2, 0.25) is 25.2 Å². The number of halogens is 1. The van der Waals surface area contributed by atoms with E-state index in [9.17, 15) is 10.1 Å². The molecular formula is C12H30ClNO6Si2. The first-order chi connectivity index (χ1) is 10.2. The number of alkyl halides is 1. The van der Waals surface area contributed by atoms with E-state index in [-0.39, 0.29) is 11.5 Å². The van der Waals surface area contributed by atoms with E-state index < -0.39 is 17.1 Å². The van der Waals surface area contributed by atoms with Crippen molar-refractivity contribution in [3.63, 3.8) is 0 Å². The molecule has 0 saturated heterocycles. The lowest BCUT2D eigenvalue weighted by molar-refractivity contribution is -0.479. The molecule has 0 spiro atoms. The molecule has 0 aromatic rings. The fourth-order valence-corrected chi connectivity index (χ4v) is 4.62. The normalized spacial score (nSPS) is 11.8. The van der Waals surface area contributed by atoms with Gasteiger partial charge in [0.1, 0.15) is 0 Å². The van der Waals surface area contributed by atoms with Crippen LogP contribution in [0.25, 0.3) is 0 Å². The van der Waals surface area contributed by atoms with Gasteiger partial charge in [-0.1, -0.05) is 0 Å². The summed E-state index contributed by atoms with van der Waals surface area (Å²) in [5.74, 6) is 0.690. The lowest BCUT2D eigenvalue weighted by atomic mass is 10.5. The van der Waals surface area contributed by atoms with Crippen molar-refractivity contribution < 1.29 is 22.6 Å². The van der Waals surface area contributed by atoms with Gasteiger partial charge in [0, 0.05) is 45.7 Å². The Morgan fingerprint density at radius 2 is 1.27 bits per heavy atom. The molecule has 7 nitrogen and oxygen atoms in total. The minimum atomic E-state index is -2.07. The van der Waals surface area contributed by atoms with E-state index in [1.807, 2.05) is 13.1 Å². The summed E-state index contributed by atoms with van der Waals surface area (Å²) in [4.78, 5) is 9.68. The topological polar surface area (TPSA) is 80.1 Å². The Hall–Kier alpha value is -0.0362. The zero-order valence-corrected chi connectivity index (χ0v) is 17.3. The Bertz CT molecular complexity index is 291. The molecule has 0 aromatic heterocycles. The summed E-state index contributed by atoms with van der Waals surface area (Å²) in [5, 5.41) is 10.0. The standard InChI is InChI=1S/C6H15ClO2Si.C6H15NO4Si/c1-8-10(3,9-2)6-4-5-7;1-10-12(3,11-2)6-4-5-7(8)9/h4-6H2,1-3H3;4-6H2,1-3H3. The van der Waals surface area contributed by atoms with Crippen molar-refractivity contribution >= 4 is 28.7 Å². The second kappa shape index (κ2) is 13.4. The highest BCUT2D eigenvalue weighted by Gasteiger charge is 2.28.